The van der Waals surface area contributed by atoms with Crippen molar-refractivity contribution in [2.75, 3.05) is 24.8 Å². The van der Waals surface area contributed by atoms with E-state index in [0.29, 0.717) is 31.1 Å². The molecule has 3 heterocycles. The summed E-state index contributed by atoms with van der Waals surface area (Å²) < 4.78 is 10.7. The molecule has 8 nitrogen and oxygen atoms in total. The van der Waals surface area contributed by atoms with Gasteiger partial charge < -0.3 is 24.8 Å². The van der Waals surface area contributed by atoms with Gasteiger partial charge in [-0.15, -0.1) is 0 Å². The number of aliphatic hydroxyl groups excluding tert-OH is 1. The van der Waals surface area contributed by atoms with Gasteiger partial charge in [-0.1, -0.05) is 6.07 Å². The van der Waals surface area contributed by atoms with Gasteiger partial charge >= 0.3 is 0 Å². The number of benzene rings is 1. The van der Waals surface area contributed by atoms with Gasteiger partial charge in [-0.3, -0.25) is 4.79 Å². The van der Waals surface area contributed by atoms with Crippen molar-refractivity contribution in [3.8, 4) is 11.5 Å². The number of hydrogen-bond acceptors (Lipinski definition) is 7. The van der Waals surface area contributed by atoms with E-state index in [1.165, 1.54) is 0 Å². The molecule has 0 spiro atoms. The highest BCUT2D eigenvalue weighted by atomic mass is 16.7. The van der Waals surface area contributed by atoms with Crippen LogP contribution in [-0.2, 0) is 11.2 Å². The number of hydrogen-bond donors (Lipinski definition) is 2. The lowest BCUT2D eigenvalue weighted by atomic mass is 9.77. The fourth-order valence-corrected chi connectivity index (χ4v) is 4.84. The maximum atomic E-state index is 12.5. The van der Waals surface area contributed by atoms with E-state index in [9.17, 15) is 9.90 Å². The normalized spacial score (nSPS) is 27.0. The van der Waals surface area contributed by atoms with Crippen LogP contribution in [0.2, 0.25) is 0 Å². The number of rotatable bonds is 5. The van der Waals surface area contributed by atoms with Crippen molar-refractivity contribution in [3.05, 3.63) is 42.2 Å². The number of aliphatic hydroxyl groups is 1. The number of ether oxygens (including phenoxy) is 2. The van der Waals surface area contributed by atoms with Crippen molar-refractivity contribution in [1.82, 2.24) is 15.3 Å². The summed E-state index contributed by atoms with van der Waals surface area (Å²) in [5.74, 6) is 3.02. The van der Waals surface area contributed by atoms with E-state index in [0.717, 1.165) is 42.5 Å². The zero-order valence-electron chi connectivity index (χ0n) is 16.7. The molecule has 1 amide bonds. The molecule has 2 aromatic rings. The van der Waals surface area contributed by atoms with Crippen LogP contribution in [-0.4, -0.2) is 53.0 Å². The maximum Gasteiger partial charge on any atom is 0.231 e. The lowest BCUT2D eigenvalue weighted by molar-refractivity contribution is -0.123. The molecule has 1 aromatic carbocycles. The van der Waals surface area contributed by atoms with Crippen LogP contribution in [0.25, 0.3) is 0 Å². The third-order valence-electron chi connectivity index (χ3n) is 6.40. The molecular formula is C22H26N4O4. The molecule has 158 valence electrons. The van der Waals surface area contributed by atoms with Gasteiger partial charge in [0.2, 0.25) is 18.6 Å². The van der Waals surface area contributed by atoms with Gasteiger partial charge in [0.1, 0.15) is 0 Å². The number of aromatic nitrogens is 2. The van der Waals surface area contributed by atoms with Crippen molar-refractivity contribution in [1.29, 1.82) is 0 Å². The summed E-state index contributed by atoms with van der Waals surface area (Å²) in [6.07, 6.45) is 5.46. The Labute approximate surface area is 175 Å². The van der Waals surface area contributed by atoms with E-state index in [-0.39, 0.29) is 18.7 Å². The number of anilines is 1. The van der Waals surface area contributed by atoms with E-state index >= 15 is 0 Å². The minimum absolute atomic E-state index is 0.0311. The second-order valence-corrected chi connectivity index (χ2v) is 8.37. The Morgan fingerprint density at radius 3 is 2.73 bits per heavy atom. The standard InChI is InChI=1S/C22H26N4O4/c27-18-10-16-12-26(22-23-6-1-7-24-22)11-15(16)9-17(18)25-21(28)5-3-14-2-4-19-20(8-14)30-13-29-19/h1-2,4,6-8,15-18,27H,3,5,9-13H2,(H,25,28)/t15-,16+,17-,18-/m0/s1. The topological polar surface area (TPSA) is 96.8 Å². The third-order valence-corrected chi connectivity index (χ3v) is 6.40. The Morgan fingerprint density at radius 2 is 1.90 bits per heavy atom. The fourth-order valence-electron chi connectivity index (χ4n) is 4.84. The zero-order valence-corrected chi connectivity index (χ0v) is 16.7. The highest BCUT2D eigenvalue weighted by Gasteiger charge is 2.42. The van der Waals surface area contributed by atoms with Crippen molar-refractivity contribution < 1.29 is 19.4 Å². The van der Waals surface area contributed by atoms with Crippen molar-refractivity contribution >= 4 is 11.9 Å². The smallest absolute Gasteiger partial charge is 0.231 e. The lowest BCUT2D eigenvalue weighted by Crippen LogP contribution is -2.49. The Kier molecular flexibility index (Phi) is 5.16. The van der Waals surface area contributed by atoms with Gasteiger partial charge in [-0.2, -0.15) is 0 Å². The van der Waals surface area contributed by atoms with Crippen molar-refractivity contribution in [3.63, 3.8) is 0 Å². The van der Waals surface area contributed by atoms with Gasteiger partial charge in [-0.05, 0) is 54.9 Å². The Morgan fingerprint density at radius 1 is 1.13 bits per heavy atom. The average Bonchev–Trinajstić information content (AvgIpc) is 3.39. The number of aryl methyl sites for hydroxylation is 1. The van der Waals surface area contributed by atoms with E-state index < -0.39 is 6.10 Å². The summed E-state index contributed by atoms with van der Waals surface area (Å²) >= 11 is 0. The van der Waals surface area contributed by atoms with Crippen LogP contribution in [0.15, 0.2) is 36.7 Å². The SMILES string of the molecule is O=C(CCc1ccc2c(c1)OCO2)N[C@H]1C[C@H]2CN(c3ncccn3)C[C@H]2C[C@@H]1O. The van der Waals surface area contributed by atoms with E-state index in [1.54, 1.807) is 12.4 Å². The number of carbonyl (C=O) groups is 1. The molecule has 2 fully saturated rings. The molecule has 0 radical (unpaired) electrons. The lowest BCUT2D eigenvalue weighted by Gasteiger charge is -2.35. The van der Waals surface area contributed by atoms with Crippen LogP contribution in [0.1, 0.15) is 24.8 Å². The molecule has 0 unspecified atom stereocenters. The van der Waals surface area contributed by atoms with Gasteiger partial charge in [-0.25, -0.2) is 9.97 Å². The predicted molar refractivity (Wildman–Crippen MR) is 109 cm³/mol. The number of carbonyl (C=O) groups excluding carboxylic acids is 1. The highest BCUT2D eigenvalue weighted by molar-refractivity contribution is 5.76. The predicted octanol–water partition coefficient (Wildman–Crippen LogP) is 1.53. The summed E-state index contributed by atoms with van der Waals surface area (Å²) in [4.78, 5) is 23.4. The molecule has 8 heteroatoms. The Balaban J connectivity index is 1.14. The maximum absolute atomic E-state index is 12.5. The quantitative estimate of drug-likeness (QED) is 0.772. The molecule has 0 bridgehead atoms. The average molecular weight is 410 g/mol. The first-order chi connectivity index (χ1) is 14.7. The molecule has 1 aromatic heterocycles. The molecular weight excluding hydrogens is 384 g/mol. The van der Waals surface area contributed by atoms with Crippen molar-refractivity contribution in [2.24, 2.45) is 11.8 Å². The zero-order chi connectivity index (χ0) is 20.5. The summed E-state index contributed by atoms with van der Waals surface area (Å²) in [5, 5.41) is 13.7. The minimum atomic E-state index is -0.516. The second-order valence-electron chi connectivity index (χ2n) is 8.37. The Bertz CT molecular complexity index is 909. The van der Waals surface area contributed by atoms with Gasteiger partial charge in [0, 0.05) is 31.9 Å². The van der Waals surface area contributed by atoms with Crippen molar-refractivity contribution in [2.45, 2.75) is 37.8 Å². The van der Waals surface area contributed by atoms with Crippen LogP contribution in [0.4, 0.5) is 5.95 Å². The summed E-state index contributed by atoms with van der Waals surface area (Å²) in [5.41, 5.74) is 1.04. The van der Waals surface area contributed by atoms with Gasteiger partial charge in [0.15, 0.2) is 11.5 Å². The van der Waals surface area contributed by atoms with Gasteiger partial charge in [0.05, 0.1) is 12.1 Å². The molecule has 1 saturated heterocycles. The summed E-state index contributed by atoms with van der Waals surface area (Å²) in [6, 6.07) is 7.37. The molecule has 4 atom stereocenters. The molecule has 30 heavy (non-hydrogen) atoms. The fraction of sp³-hybridized carbons (Fsp3) is 0.500. The molecule has 1 saturated carbocycles. The third kappa shape index (κ3) is 3.92. The van der Waals surface area contributed by atoms with E-state index in [1.807, 2.05) is 24.3 Å². The second kappa shape index (κ2) is 8.10. The monoisotopic (exact) mass is 410 g/mol. The largest absolute Gasteiger partial charge is 0.454 e. The van der Waals surface area contributed by atoms with Crippen LogP contribution in [0.3, 0.4) is 0 Å². The van der Waals surface area contributed by atoms with Crippen LogP contribution in [0, 0.1) is 11.8 Å². The van der Waals surface area contributed by atoms with Crippen LogP contribution < -0.4 is 19.7 Å². The number of fused-ring (bicyclic) bond motifs is 2. The molecule has 5 rings (SSSR count). The number of amides is 1. The molecule has 2 N–H and O–H groups in total. The highest BCUT2D eigenvalue weighted by Crippen LogP contribution is 2.37. The van der Waals surface area contributed by atoms with E-state index in [2.05, 4.69) is 20.2 Å². The molecule has 1 aliphatic carbocycles. The molecule has 2 aliphatic heterocycles. The first-order valence-electron chi connectivity index (χ1n) is 10.5. The number of nitrogens with zero attached hydrogens (tertiary/aromatic N) is 3. The Hall–Kier alpha value is -2.87. The number of nitrogens with one attached hydrogen (secondary N) is 1. The van der Waals surface area contributed by atoms with Gasteiger partial charge in [0.25, 0.3) is 0 Å². The van der Waals surface area contributed by atoms with E-state index in [4.69, 9.17) is 9.47 Å². The first kappa shape index (κ1) is 19.1. The van der Waals surface area contributed by atoms with Crippen LogP contribution in [0.5, 0.6) is 11.5 Å². The first-order valence-corrected chi connectivity index (χ1v) is 10.5. The molecule has 3 aliphatic rings. The summed E-state index contributed by atoms with van der Waals surface area (Å²) in [7, 11) is 0. The summed E-state index contributed by atoms with van der Waals surface area (Å²) in [6.45, 7) is 1.97. The minimum Gasteiger partial charge on any atom is -0.454 e. The van der Waals surface area contributed by atoms with Crippen LogP contribution >= 0.6 is 0 Å².